The molecule has 2 N–H and O–H groups in total. The molecule has 0 aromatic carbocycles. The van der Waals surface area contributed by atoms with Crippen molar-refractivity contribution in [1.29, 1.82) is 0 Å². The van der Waals surface area contributed by atoms with E-state index < -0.39 is 0 Å². The second-order valence-corrected chi connectivity index (χ2v) is 7.90. The second kappa shape index (κ2) is 9.33. The minimum atomic E-state index is 0.663. The van der Waals surface area contributed by atoms with E-state index in [0.717, 1.165) is 44.7 Å². The average molecular weight is 325 g/mol. The molecule has 3 aliphatic heterocycles. The van der Waals surface area contributed by atoms with Gasteiger partial charge in [0.2, 0.25) is 0 Å². The molecule has 0 amide bonds. The monoisotopic (exact) mass is 324 g/mol. The van der Waals surface area contributed by atoms with Gasteiger partial charge in [-0.1, -0.05) is 0 Å². The third-order valence-corrected chi connectivity index (χ3v) is 5.72. The first kappa shape index (κ1) is 17.6. The fraction of sp³-hybridized carbons (Fsp3) is 1.00. The Hall–Kier alpha value is -0.200. The first-order valence-electron chi connectivity index (χ1n) is 9.72. The number of nitrogens with one attached hydrogen (secondary N) is 2. The highest BCUT2D eigenvalue weighted by molar-refractivity contribution is 4.82. The lowest BCUT2D eigenvalue weighted by atomic mass is 9.92. The van der Waals surface area contributed by atoms with Crippen LogP contribution in [0.5, 0.6) is 0 Å². The van der Waals surface area contributed by atoms with Crippen molar-refractivity contribution < 1.29 is 4.74 Å². The first-order chi connectivity index (χ1) is 11.3. The zero-order valence-electron chi connectivity index (χ0n) is 14.9. The topological polar surface area (TPSA) is 39.8 Å². The normalized spacial score (nSPS) is 34.6. The highest BCUT2D eigenvalue weighted by atomic mass is 16.5. The van der Waals surface area contributed by atoms with E-state index in [1.165, 1.54) is 58.4 Å². The number of piperazine rings is 1. The molecule has 3 atom stereocenters. The molecule has 0 aromatic rings. The number of ether oxygens (including phenoxy) is 1. The van der Waals surface area contributed by atoms with Gasteiger partial charge in [0.15, 0.2) is 0 Å². The molecule has 3 unspecified atom stereocenters. The molecule has 23 heavy (non-hydrogen) atoms. The summed E-state index contributed by atoms with van der Waals surface area (Å²) in [5, 5.41) is 7.16. The van der Waals surface area contributed by atoms with Crippen LogP contribution in [0.15, 0.2) is 0 Å². The molecule has 3 fully saturated rings. The van der Waals surface area contributed by atoms with Crippen molar-refractivity contribution in [3.05, 3.63) is 0 Å². The molecule has 3 rings (SSSR count). The van der Waals surface area contributed by atoms with E-state index >= 15 is 0 Å². The standard InChI is InChI=1S/C18H36N4O/c1-21-8-2-3-17(12-21)15-23-14-16-4-5-20-18(11-16)13-22-9-6-19-7-10-22/h16-20H,2-15H2,1H3. The quantitative estimate of drug-likeness (QED) is 0.749. The Labute approximate surface area is 142 Å². The van der Waals surface area contributed by atoms with E-state index in [9.17, 15) is 0 Å². The van der Waals surface area contributed by atoms with E-state index in [1.54, 1.807) is 0 Å². The van der Waals surface area contributed by atoms with Crippen molar-refractivity contribution in [2.45, 2.75) is 31.7 Å². The maximum Gasteiger partial charge on any atom is 0.0506 e. The highest BCUT2D eigenvalue weighted by Crippen LogP contribution is 2.20. The summed E-state index contributed by atoms with van der Waals surface area (Å²) in [6.45, 7) is 11.5. The molecule has 5 nitrogen and oxygen atoms in total. The molecule has 5 heteroatoms. The van der Waals surface area contributed by atoms with Crippen molar-refractivity contribution in [3.63, 3.8) is 0 Å². The molecule has 0 radical (unpaired) electrons. The molecular formula is C18H36N4O. The number of likely N-dealkylation sites (tertiary alicyclic amines) is 1. The third kappa shape index (κ3) is 5.98. The molecule has 3 saturated heterocycles. The van der Waals surface area contributed by atoms with Gasteiger partial charge in [0.25, 0.3) is 0 Å². The summed E-state index contributed by atoms with van der Waals surface area (Å²) >= 11 is 0. The predicted octanol–water partition coefficient (Wildman–Crippen LogP) is 0.618. The molecule has 3 aliphatic rings. The Morgan fingerprint density at radius 1 is 1.00 bits per heavy atom. The first-order valence-corrected chi connectivity index (χ1v) is 9.72. The fourth-order valence-electron chi connectivity index (χ4n) is 4.40. The molecule has 134 valence electrons. The van der Waals surface area contributed by atoms with Gasteiger partial charge in [0.05, 0.1) is 6.61 Å². The number of piperidine rings is 2. The second-order valence-electron chi connectivity index (χ2n) is 7.90. The zero-order chi connectivity index (χ0) is 15.9. The maximum atomic E-state index is 6.12. The third-order valence-electron chi connectivity index (χ3n) is 5.72. The molecule has 0 saturated carbocycles. The Kier molecular flexibility index (Phi) is 7.14. The Morgan fingerprint density at radius 3 is 2.65 bits per heavy atom. The van der Waals surface area contributed by atoms with Crippen LogP contribution in [-0.4, -0.2) is 88.5 Å². The van der Waals surface area contributed by atoms with Gasteiger partial charge in [-0.2, -0.15) is 0 Å². The van der Waals surface area contributed by atoms with Crippen LogP contribution >= 0.6 is 0 Å². The molecule has 0 aliphatic carbocycles. The van der Waals surface area contributed by atoms with Gasteiger partial charge in [0, 0.05) is 51.9 Å². The largest absolute Gasteiger partial charge is 0.381 e. The van der Waals surface area contributed by atoms with Gasteiger partial charge in [-0.25, -0.2) is 0 Å². The van der Waals surface area contributed by atoms with E-state index in [-0.39, 0.29) is 0 Å². The summed E-state index contributed by atoms with van der Waals surface area (Å²) in [7, 11) is 2.24. The van der Waals surface area contributed by atoms with Gasteiger partial charge < -0.3 is 20.3 Å². The van der Waals surface area contributed by atoms with Crippen LogP contribution < -0.4 is 10.6 Å². The highest BCUT2D eigenvalue weighted by Gasteiger charge is 2.24. The van der Waals surface area contributed by atoms with E-state index in [0.29, 0.717) is 6.04 Å². The summed E-state index contributed by atoms with van der Waals surface area (Å²) in [6.07, 6.45) is 5.25. The minimum absolute atomic E-state index is 0.663. The van der Waals surface area contributed by atoms with Gasteiger partial charge in [0.1, 0.15) is 0 Å². The Bertz CT molecular complexity index is 335. The Morgan fingerprint density at radius 2 is 1.83 bits per heavy atom. The van der Waals surface area contributed by atoms with Crippen molar-refractivity contribution in [2.24, 2.45) is 11.8 Å². The van der Waals surface area contributed by atoms with E-state index in [1.807, 2.05) is 0 Å². The summed E-state index contributed by atoms with van der Waals surface area (Å²) in [6, 6.07) is 0.663. The molecule has 0 bridgehead atoms. The van der Waals surface area contributed by atoms with Crippen molar-refractivity contribution >= 4 is 0 Å². The molecule has 0 spiro atoms. The summed E-state index contributed by atoms with van der Waals surface area (Å²) in [5.74, 6) is 1.51. The van der Waals surface area contributed by atoms with E-state index in [2.05, 4.69) is 27.5 Å². The predicted molar refractivity (Wildman–Crippen MR) is 94.9 cm³/mol. The SMILES string of the molecule is CN1CCCC(COCC2CCNC(CN3CCNCC3)C2)C1. The maximum absolute atomic E-state index is 6.12. The molecular weight excluding hydrogens is 288 g/mol. The van der Waals surface area contributed by atoms with Gasteiger partial charge >= 0.3 is 0 Å². The van der Waals surface area contributed by atoms with Gasteiger partial charge in [-0.3, -0.25) is 4.90 Å². The van der Waals surface area contributed by atoms with Gasteiger partial charge in [-0.15, -0.1) is 0 Å². The zero-order valence-corrected chi connectivity index (χ0v) is 14.9. The van der Waals surface area contributed by atoms with E-state index in [4.69, 9.17) is 4.74 Å². The lowest BCUT2D eigenvalue weighted by molar-refractivity contribution is 0.0351. The van der Waals surface area contributed by atoms with Crippen LogP contribution in [0.25, 0.3) is 0 Å². The number of rotatable bonds is 6. The van der Waals surface area contributed by atoms with Crippen LogP contribution in [0.2, 0.25) is 0 Å². The van der Waals surface area contributed by atoms with Crippen LogP contribution in [0.4, 0.5) is 0 Å². The van der Waals surface area contributed by atoms with Crippen LogP contribution in [0.1, 0.15) is 25.7 Å². The average Bonchev–Trinajstić information content (AvgIpc) is 2.56. The summed E-state index contributed by atoms with van der Waals surface area (Å²) in [4.78, 5) is 5.06. The molecule has 3 heterocycles. The van der Waals surface area contributed by atoms with Gasteiger partial charge in [-0.05, 0) is 57.7 Å². The summed E-state index contributed by atoms with van der Waals surface area (Å²) < 4.78 is 6.12. The van der Waals surface area contributed by atoms with Crippen LogP contribution in [0, 0.1) is 11.8 Å². The lowest BCUT2D eigenvalue weighted by Crippen LogP contribution is -2.51. The minimum Gasteiger partial charge on any atom is -0.381 e. The lowest BCUT2D eigenvalue weighted by Gasteiger charge is -2.36. The smallest absolute Gasteiger partial charge is 0.0506 e. The van der Waals surface area contributed by atoms with Crippen molar-refractivity contribution in [1.82, 2.24) is 20.4 Å². The summed E-state index contributed by atoms with van der Waals surface area (Å²) in [5.41, 5.74) is 0. The van der Waals surface area contributed by atoms with Crippen LogP contribution in [-0.2, 0) is 4.74 Å². The number of hydrogen-bond acceptors (Lipinski definition) is 5. The molecule has 0 aromatic heterocycles. The fourth-order valence-corrected chi connectivity index (χ4v) is 4.40. The van der Waals surface area contributed by atoms with Crippen molar-refractivity contribution in [3.8, 4) is 0 Å². The number of hydrogen-bond donors (Lipinski definition) is 2. The van der Waals surface area contributed by atoms with Crippen molar-refractivity contribution in [2.75, 3.05) is 72.6 Å². The Balaban J connectivity index is 1.32. The van der Waals surface area contributed by atoms with Crippen LogP contribution in [0.3, 0.4) is 0 Å². The number of nitrogens with zero attached hydrogens (tertiary/aromatic N) is 2.